The summed E-state index contributed by atoms with van der Waals surface area (Å²) in [6.45, 7) is 52.2. The van der Waals surface area contributed by atoms with E-state index in [1.165, 1.54) is 78.0 Å². The number of carbonyl (C=O) groups is 3. The van der Waals surface area contributed by atoms with Crippen LogP contribution in [0.15, 0.2) is 0 Å². The van der Waals surface area contributed by atoms with Crippen molar-refractivity contribution in [1.29, 1.82) is 0 Å². The van der Waals surface area contributed by atoms with E-state index in [2.05, 4.69) is 150 Å². The van der Waals surface area contributed by atoms with Crippen molar-refractivity contribution in [3.63, 3.8) is 0 Å². The number of rotatable bonds is 8. The molecule has 0 bridgehead atoms. The Bertz CT molecular complexity index is 1340. The minimum Gasteiger partial charge on any atom is -0.393 e. The standard InChI is InChI=1S/C9H18N2O.C9H19N.2C8H16N2O.2C8H18N2.C8H17NO/c1-7(2)11-5-3-8(4-6-11)9(10)12;1-8(2)10-6-4-9(3)5-7-10;1-7(2)10-5-4-9(3)8(11)6-10;1-7(2)10-5-4-9(3)6-8(10)11;1-8(2)10-6-4-9(3)5-7-10;1-7(2)10-5-3-8(9)4-6-10;1-7(2)9-5-3-8(10)4-6-9/h7-8H,3-6H2,1-2H3,(H2,10,12);8-9H,4-7H2,1-3H3;2*7H,4-6H2,1-3H3;8H,4-7H2,1-3H3;7-8H,3-6,9H2,1-2H3;7-8,10H,3-6H2,1-2H3. The van der Waals surface area contributed by atoms with Gasteiger partial charge in [-0.25, -0.2) is 0 Å². The highest BCUT2D eigenvalue weighted by atomic mass is 16.3. The van der Waals surface area contributed by atoms with Crippen LogP contribution in [0.3, 0.4) is 0 Å². The summed E-state index contributed by atoms with van der Waals surface area (Å²) in [6, 6.07) is 4.75. The van der Waals surface area contributed by atoms with Crippen LogP contribution in [0.25, 0.3) is 0 Å². The molecule has 16 nitrogen and oxygen atoms in total. The quantitative estimate of drug-likeness (QED) is 0.286. The molecule has 0 unspecified atom stereocenters. The van der Waals surface area contributed by atoms with E-state index in [0.29, 0.717) is 49.3 Å². The van der Waals surface area contributed by atoms with Gasteiger partial charge in [-0.05, 0) is 208 Å². The fraction of sp³-hybridized carbons (Fsp3) is 0.948. The predicted molar refractivity (Wildman–Crippen MR) is 313 cm³/mol. The number of aliphatic hydroxyl groups is 1. The third kappa shape index (κ3) is 29.7. The van der Waals surface area contributed by atoms with Gasteiger partial charge in [-0.1, -0.05) is 6.92 Å². The maximum atomic E-state index is 11.3. The lowest BCUT2D eigenvalue weighted by Crippen LogP contribution is -2.51. The van der Waals surface area contributed by atoms with Gasteiger partial charge in [-0.15, -0.1) is 0 Å². The summed E-state index contributed by atoms with van der Waals surface area (Å²) < 4.78 is 0. The van der Waals surface area contributed by atoms with Gasteiger partial charge in [0.2, 0.25) is 17.7 Å². The van der Waals surface area contributed by atoms with E-state index >= 15 is 0 Å². The van der Waals surface area contributed by atoms with Gasteiger partial charge < -0.3 is 50.9 Å². The zero-order valence-corrected chi connectivity index (χ0v) is 51.5. The van der Waals surface area contributed by atoms with E-state index in [4.69, 9.17) is 11.5 Å². The smallest absolute Gasteiger partial charge is 0.237 e. The van der Waals surface area contributed by atoms with Gasteiger partial charge >= 0.3 is 0 Å². The second kappa shape index (κ2) is 37.8. The van der Waals surface area contributed by atoms with E-state index in [9.17, 15) is 19.5 Å². The van der Waals surface area contributed by atoms with E-state index < -0.39 is 0 Å². The Morgan fingerprint density at radius 3 is 1.15 bits per heavy atom. The second-order valence-electron chi connectivity index (χ2n) is 24.7. The highest BCUT2D eigenvalue weighted by Crippen LogP contribution is 2.19. The van der Waals surface area contributed by atoms with Gasteiger partial charge in [0.15, 0.2) is 0 Å². The van der Waals surface area contributed by atoms with Crippen molar-refractivity contribution in [2.24, 2.45) is 23.3 Å². The number of likely N-dealkylation sites (tertiary alicyclic amines) is 4. The summed E-state index contributed by atoms with van der Waals surface area (Å²) in [7, 11) is 6.03. The van der Waals surface area contributed by atoms with E-state index in [1.807, 2.05) is 19.0 Å². The van der Waals surface area contributed by atoms with Gasteiger partial charge in [0.05, 0.1) is 19.2 Å². The third-order valence-corrected chi connectivity index (χ3v) is 16.3. The topological polar surface area (TPSA) is 156 Å². The molecular formula is C58H122N12O4. The monoisotopic (exact) mass is 1050 g/mol. The van der Waals surface area contributed by atoms with Gasteiger partial charge in [0.1, 0.15) is 0 Å². The van der Waals surface area contributed by atoms with Gasteiger partial charge in [-0.2, -0.15) is 0 Å². The zero-order valence-electron chi connectivity index (χ0n) is 51.5. The summed E-state index contributed by atoms with van der Waals surface area (Å²) in [5.41, 5.74) is 11.0. The number of aliphatic hydroxyl groups excluding tert-OH is 1. The molecule has 7 rings (SSSR count). The first-order valence-electron chi connectivity index (χ1n) is 29.7. The van der Waals surface area contributed by atoms with Crippen molar-refractivity contribution in [3.8, 4) is 0 Å². The van der Waals surface area contributed by atoms with Gasteiger partial charge in [0, 0.05) is 127 Å². The summed E-state index contributed by atoms with van der Waals surface area (Å²) in [5, 5.41) is 9.18. The van der Waals surface area contributed by atoms with Gasteiger partial charge in [0.25, 0.3) is 0 Å². The average molecular weight is 1050 g/mol. The Hall–Kier alpha value is -1.99. The van der Waals surface area contributed by atoms with Crippen molar-refractivity contribution in [2.45, 2.75) is 210 Å². The molecule has 0 aromatic carbocycles. The van der Waals surface area contributed by atoms with Crippen molar-refractivity contribution >= 4 is 17.7 Å². The molecule has 0 aliphatic carbocycles. The summed E-state index contributed by atoms with van der Waals surface area (Å²) in [5.74, 6) is 1.46. The molecule has 7 aliphatic rings. The molecule has 0 aromatic heterocycles. The van der Waals surface area contributed by atoms with Crippen molar-refractivity contribution in [3.05, 3.63) is 0 Å². The lowest BCUT2D eigenvalue weighted by atomic mass is 9.95. The molecule has 16 heteroatoms. The lowest BCUT2D eigenvalue weighted by Gasteiger charge is -2.34. The number of amides is 3. The molecule has 0 saturated carbocycles. The fourth-order valence-corrected chi connectivity index (χ4v) is 9.99. The Morgan fingerprint density at radius 1 is 0.432 bits per heavy atom. The maximum absolute atomic E-state index is 11.3. The summed E-state index contributed by atoms with van der Waals surface area (Å²) in [4.78, 5) is 56.1. The molecule has 7 saturated heterocycles. The first-order valence-corrected chi connectivity index (χ1v) is 29.7. The summed E-state index contributed by atoms with van der Waals surface area (Å²) >= 11 is 0. The molecule has 0 spiro atoms. The molecule has 438 valence electrons. The van der Waals surface area contributed by atoms with Crippen LogP contribution < -0.4 is 11.5 Å². The molecule has 7 aliphatic heterocycles. The Balaban J connectivity index is 0.000000432. The van der Waals surface area contributed by atoms with E-state index in [-0.39, 0.29) is 29.7 Å². The molecule has 5 N–H and O–H groups in total. The van der Waals surface area contributed by atoms with Crippen LogP contribution in [0.1, 0.15) is 155 Å². The molecule has 0 radical (unpaired) electrons. The predicted octanol–water partition coefficient (Wildman–Crippen LogP) is 5.37. The highest BCUT2D eigenvalue weighted by molar-refractivity contribution is 5.79. The van der Waals surface area contributed by atoms with Gasteiger partial charge in [-0.3, -0.25) is 29.1 Å². The van der Waals surface area contributed by atoms with Crippen molar-refractivity contribution in [2.75, 3.05) is 139 Å². The largest absolute Gasteiger partial charge is 0.393 e. The molecule has 74 heavy (non-hydrogen) atoms. The van der Waals surface area contributed by atoms with Crippen molar-refractivity contribution in [1.82, 2.24) is 49.0 Å². The number of nitrogens with two attached hydrogens (primary N) is 2. The molecular weight excluding hydrogens is 929 g/mol. The number of piperazine rings is 3. The number of nitrogens with zero attached hydrogens (tertiary/aromatic N) is 10. The van der Waals surface area contributed by atoms with Crippen LogP contribution >= 0.6 is 0 Å². The Morgan fingerprint density at radius 2 is 0.784 bits per heavy atom. The zero-order chi connectivity index (χ0) is 56.2. The first-order chi connectivity index (χ1) is 34.6. The van der Waals surface area contributed by atoms with E-state index in [1.54, 1.807) is 4.90 Å². The number of primary amides is 1. The molecule has 0 atom stereocenters. The molecule has 3 amide bonds. The lowest BCUT2D eigenvalue weighted by molar-refractivity contribution is -0.137. The minimum atomic E-state index is -0.126. The highest BCUT2D eigenvalue weighted by Gasteiger charge is 2.26. The first kappa shape index (κ1) is 70.0. The Labute approximate surface area is 456 Å². The SMILES string of the molecule is CC(C)N1CCC(C(N)=O)CC1.CC(C)N1CCC(N)CC1.CC(C)N1CCC(O)CC1.CC(C)N1CCN(C)C(=O)C1.CC(C)N1CCN(C)CC1.CC(C)N1CCN(C)CC1=O.CC1CCN(C(C)C)CC1. The molecule has 7 fully saturated rings. The number of carbonyl (C=O) groups excluding carboxylic acids is 3. The maximum Gasteiger partial charge on any atom is 0.237 e. The van der Waals surface area contributed by atoms with Crippen LogP contribution in [-0.2, 0) is 14.4 Å². The van der Waals surface area contributed by atoms with Crippen LogP contribution in [0.4, 0.5) is 0 Å². The van der Waals surface area contributed by atoms with E-state index in [0.717, 1.165) is 96.0 Å². The fourth-order valence-electron chi connectivity index (χ4n) is 9.99. The minimum absolute atomic E-state index is 0.0324. The normalized spacial score (nSPS) is 22.9. The van der Waals surface area contributed by atoms with Crippen LogP contribution in [-0.4, -0.2) is 265 Å². The number of hydrogen-bond donors (Lipinski definition) is 3. The second-order valence-corrected chi connectivity index (χ2v) is 24.7. The number of likely N-dealkylation sites (N-methyl/N-ethyl adjacent to an activating group) is 3. The summed E-state index contributed by atoms with van der Waals surface area (Å²) in [6.07, 6.45) is 8.92. The average Bonchev–Trinajstić information content (AvgIpc) is 3.34. The molecule has 7 heterocycles. The molecule has 0 aromatic rings. The van der Waals surface area contributed by atoms with Crippen LogP contribution in [0.5, 0.6) is 0 Å². The number of hydrogen-bond acceptors (Lipinski definition) is 13. The van der Waals surface area contributed by atoms with Crippen LogP contribution in [0.2, 0.25) is 0 Å². The Kier molecular flexibility index (Phi) is 35.7. The third-order valence-electron chi connectivity index (χ3n) is 16.3. The number of piperidine rings is 4. The van der Waals surface area contributed by atoms with Crippen LogP contribution in [0, 0.1) is 11.8 Å². The van der Waals surface area contributed by atoms with Crippen molar-refractivity contribution < 1.29 is 19.5 Å².